The fourth-order valence-electron chi connectivity index (χ4n) is 5.18. The second-order valence-electron chi connectivity index (χ2n) is 9.64. The van der Waals surface area contributed by atoms with Crippen molar-refractivity contribution in [2.24, 2.45) is 0 Å². The van der Waals surface area contributed by atoms with Crippen LogP contribution >= 0.6 is 0 Å². The zero-order valence-corrected chi connectivity index (χ0v) is 22.0. The van der Waals surface area contributed by atoms with Crippen LogP contribution in [0.25, 0.3) is 16.9 Å². The predicted molar refractivity (Wildman–Crippen MR) is 137 cm³/mol. The van der Waals surface area contributed by atoms with E-state index in [1.165, 1.54) is 48.1 Å². The molecule has 0 spiro atoms. The maximum absolute atomic E-state index is 14.2. The van der Waals surface area contributed by atoms with Crippen molar-refractivity contribution >= 4 is 11.6 Å². The van der Waals surface area contributed by atoms with Gasteiger partial charge < -0.3 is 9.64 Å². The normalized spacial score (nSPS) is 15.8. The van der Waals surface area contributed by atoms with Crippen LogP contribution in [0.1, 0.15) is 33.2 Å². The lowest BCUT2D eigenvalue weighted by molar-refractivity contribution is -0.189. The van der Waals surface area contributed by atoms with E-state index in [1.54, 1.807) is 30.3 Å². The number of carbonyl (C=O) groups is 1. The Morgan fingerprint density at radius 3 is 2.12 bits per heavy atom. The monoisotopic (exact) mass is 577 g/mol. The SMILES string of the molecule is COc1ccc(-c2nc3c(C(=O)N4CCN([C@@H](c5ccccc5)C(F)(F)F)CC4)cnn3c(C(F)(F)F)c2C)cc1. The first-order valence-electron chi connectivity index (χ1n) is 12.6. The number of nitrogens with zero attached hydrogens (tertiary/aromatic N) is 5. The van der Waals surface area contributed by atoms with Crippen molar-refractivity contribution in [3.05, 3.63) is 83.2 Å². The molecule has 0 N–H and O–H groups in total. The third-order valence-corrected chi connectivity index (χ3v) is 7.14. The van der Waals surface area contributed by atoms with E-state index >= 15 is 0 Å². The van der Waals surface area contributed by atoms with Crippen LogP contribution in [-0.4, -0.2) is 69.8 Å². The van der Waals surface area contributed by atoms with Crippen molar-refractivity contribution in [2.45, 2.75) is 25.3 Å². The van der Waals surface area contributed by atoms with Crippen LogP contribution in [0, 0.1) is 6.92 Å². The summed E-state index contributed by atoms with van der Waals surface area (Å²) in [4.78, 5) is 20.5. The minimum Gasteiger partial charge on any atom is -0.497 e. The van der Waals surface area contributed by atoms with Crippen LogP contribution in [0.5, 0.6) is 5.75 Å². The second-order valence-corrected chi connectivity index (χ2v) is 9.64. The third-order valence-electron chi connectivity index (χ3n) is 7.14. The first-order valence-corrected chi connectivity index (χ1v) is 12.6. The van der Waals surface area contributed by atoms with Gasteiger partial charge in [0, 0.05) is 37.3 Å². The number of piperazine rings is 1. The quantitative estimate of drug-likeness (QED) is 0.281. The molecule has 1 saturated heterocycles. The van der Waals surface area contributed by atoms with Crippen molar-refractivity contribution in [1.29, 1.82) is 0 Å². The molecule has 0 unspecified atom stereocenters. The van der Waals surface area contributed by atoms with Crippen molar-refractivity contribution in [2.75, 3.05) is 33.3 Å². The zero-order chi connectivity index (χ0) is 29.5. The number of hydrogen-bond acceptors (Lipinski definition) is 5. The van der Waals surface area contributed by atoms with E-state index in [1.807, 2.05) is 0 Å². The average Bonchev–Trinajstić information content (AvgIpc) is 3.35. The van der Waals surface area contributed by atoms with Crippen LogP contribution in [-0.2, 0) is 6.18 Å². The lowest BCUT2D eigenvalue weighted by Crippen LogP contribution is -2.52. The Hall–Kier alpha value is -4.13. The van der Waals surface area contributed by atoms with Crippen molar-refractivity contribution in [3.8, 4) is 17.0 Å². The number of fused-ring (bicyclic) bond motifs is 1. The molecule has 3 heterocycles. The summed E-state index contributed by atoms with van der Waals surface area (Å²) < 4.78 is 90.3. The highest BCUT2D eigenvalue weighted by atomic mass is 19.4. The van der Waals surface area contributed by atoms with Gasteiger partial charge >= 0.3 is 12.4 Å². The fourth-order valence-corrected chi connectivity index (χ4v) is 5.18. The number of alkyl halides is 6. The van der Waals surface area contributed by atoms with E-state index in [0.29, 0.717) is 15.8 Å². The summed E-state index contributed by atoms with van der Waals surface area (Å²) in [5.74, 6) is -0.156. The topological polar surface area (TPSA) is 63.0 Å². The number of ether oxygens (including phenoxy) is 1. The lowest BCUT2D eigenvalue weighted by Gasteiger charge is -2.40. The van der Waals surface area contributed by atoms with Gasteiger partial charge in [-0.15, -0.1) is 0 Å². The molecule has 4 aromatic rings. The highest BCUT2D eigenvalue weighted by Gasteiger charge is 2.46. The Kier molecular flexibility index (Phi) is 7.41. The van der Waals surface area contributed by atoms with Crippen LogP contribution in [0.2, 0.25) is 0 Å². The fraction of sp³-hybridized carbons (Fsp3) is 0.321. The summed E-state index contributed by atoms with van der Waals surface area (Å²) >= 11 is 0. The molecule has 216 valence electrons. The number of halogens is 6. The number of hydrogen-bond donors (Lipinski definition) is 0. The number of rotatable bonds is 5. The molecule has 1 atom stereocenters. The summed E-state index contributed by atoms with van der Waals surface area (Å²) in [6.45, 7) is 1.00. The Labute approximate surface area is 231 Å². The van der Waals surface area contributed by atoms with Gasteiger partial charge in [0.25, 0.3) is 5.91 Å². The van der Waals surface area contributed by atoms with Crippen LogP contribution in [0.4, 0.5) is 26.3 Å². The van der Waals surface area contributed by atoms with Gasteiger partial charge in [0.1, 0.15) is 17.4 Å². The molecule has 2 aromatic carbocycles. The first-order chi connectivity index (χ1) is 19.4. The molecule has 1 fully saturated rings. The maximum Gasteiger partial charge on any atom is 0.433 e. The molecule has 2 aromatic heterocycles. The van der Waals surface area contributed by atoms with Crippen molar-refractivity contribution < 1.29 is 35.9 Å². The number of amides is 1. The Balaban J connectivity index is 1.47. The molecular formula is C28H25F6N5O2. The van der Waals surface area contributed by atoms with Crippen molar-refractivity contribution in [3.63, 3.8) is 0 Å². The summed E-state index contributed by atoms with van der Waals surface area (Å²) in [6.07, 6.45) is -8.33. The Morgan fingerprint density at radius 1 is 0.927 bits per heavy atom. The van der Waals surface area contributed by atoms with Gasteiger partial charge in [0.05, 0.1) is 19.0 Å². The van der Waals surface area contributed by atoms with E-state index in [9.17, 15) is 31.1 Å². The van der Waals surface area contributed by atoms with Gasteiger partial charge in [0.15, 0.2) is 11.3 Å². The van der Waals surface area contributed by atoms with Gasteiger partial charge in [-0.2, -0.15) is 31.4 Å². The molecule has 0 radical (unpaired) electrons. The summed E-state index contributed by atoms with van der Waals surface area (Å²) in [6, 6.07) is 11.9. The third kappa shape index (κ3) is 5.45. The number of aromatic nitrogens is 3. The van der Waals surface area contributed by atoms with Crippen molar-refractivity contribution in [1.82, 2.24) is 24.4 Å². The van der Waals surface area contributed by atoms with E-state index in [4.69, 9.17) is 4.74 Å². The molecule has 0 aliphatic carbocycles. The van der Waals surface area contributed by atoms with Gasteiger partial charge in [-0.05, 0) is 36.8 Å². The molecule has 7 nitrogen and oxygen atoms in total. The highest BCUT2D eigenvalue weighted by Crippen LogP contribution is 2.39. The largest absolute Gasteiger partial charge is 0.497 e. The lowest BCUT2D eigenvalue weighted by atomic mass is 10.0. The molecule has 1 aliphatic heterocycles. The standard InChI is InChI=1S/C28H25F6N5O2/c1-17-22(18-8-10-20(41-2)11-9-18)36-25-21(16-35-39(25)23(17)27(29,30)31)26(40)38-14-12-37(13-15-38)24(28(32,33)34)19-6-4-3-5-7-19/h3-11,16,24H,12-15H2,1-2H3/t24-/m0/s1. The summed E-state index contributed by atoms with van der Waals surface area (Å²) in [5.41, 5.74) is -1.23. The first kappa shape index (κ1) is 28.4. The Bertz CT molecular complexity index is 1540. The Morgan fingerprint density at radius 2 is 1.56 bits per heavy atom. The molecule has 13 heteroatoms. The predicted octanol–water partition coefficient (Wildman–Crippen LogP) is 5.79. The van der Waals surface area contributed by atoms with E-state index in [0.717, 1.165) is 6.20 Å². The van der Waals surface area contributed by atoms with Crippen LogP contribution in [0.15, 0.2) is 60.8 Å². The van der Waals surface area contributed by atoms with E-state index < -0.39 is 30.0 Å². The molecule has 1 amide bonds. The number of carbonyl (C=O) groups excluding carboxylic acids is 1. The smallest absolute Gasteiger partial charge is 0.433 e. The zero-order valence-electron chi connectivity index (χ0n) is 22.0. The summed E-state index contributed by atoms with van der Waals surface area (Å²) in [7, 11) is 1.46. The van der Waals surface area contributed by atoms with Crippen LogP contribution in [0.3, 0.4) is 0 Å². The average molecular weight is 578 g/mol. The van der Waals surface area contributed by atoms with Crippen LogP contribution < -0.4 is 4.74 Å². The molecule has 41 heavy (non-hydrogen) atoms. The van der Waals surface area contributed by atoms with Gasteiger partial charge in [-0.1, -0.05) is 30.3 Å². The highest BCUT2D eigenvalue weighted by molar-refractivity contribution is 6.00. The number of methoxy groups -OCH3 is 1. The van der Waals surface area contributed by atoms with Gasteiger partial charge in [0.2, 0.25) is 0 Å². The maximum atomic E-state index is 14.2. The van der Waals surface area contributed by atoms with Gasteiger partial charge in [-0.25, -0.2) is 9.50 Å². The molecule has 0 bridgehead atoms. The second kappa shape index (κ2) is 10.7. The summed E-state index contributed by atoms with van der Waals surface area (Å²) in [5, 5.41) is 3.85. The van der Waals surface area contributed by atoms with Gasteiger partial charge in [-0.3, -0.25) is 9.69 Å². The minimum atomic E-state index is -4.81. The van der Waals surface area contributed by atoms with E-state index in [2.05, 4.69) is 10.1 Å². The van der Waals surface area contributed by atoms with E-state index in [-0.39, 0.29) is 54.2 Å². The molecule has 5 rings (SSSR count). The number of benzene rings is 2. The minimum absolute atomic E-state index is 0.0164. The molecular weight excluding hydrogens is 552 g/mol. The molecule has 1 aliphatic rings. The molecule has 0 saturated carbocycles.